The van der Waals surface area contributed by atoms with Gasteiger partial charge in [-0.1, -0.05) is 15.9 Å². The molecule has 0 bridgehead atoms. The second-order valence-electron chi connectivity index (χ2n) is 4.39. The number of hydrogen-bond donors (Lipinski definition) is 0. The molecule has 0 aromatic heterocycles. The molecule has 1 unspecified atom stereocenters. The van der Waals surface area contributed by atoms with E-state index in [-0.39, 0.29) is 30.5 Å². The highest BCUT2D eigenvalue weighted by atomic mass is 79.9. The summed E-state index contributed by atoms with van der Waals surface area (Å²) in [6.07, 6.45) is -4.35. The predicted octanol–water partition coefficient (Wildman–Crippen LogP) is 3.59. The number of alkyl halides is 4. The predicted molar refractivity (Wildman–Crippen MR) is 65.7 cm³/mol. The number of anilines is 1. The third kappa shape index (κ3) is 2.91. The molecule has 2 rings (SSSR count). The first kappa shape index (κ1) is 14.3. The van der Waals surface area contributed by atoms with E-state index in [0.717, 1.165) is 11.0 Å². The lowest BCUT2D eigenvalue weighted by atomic mass is 10.1. The second-order valence-corrected chi connectivity index (χ2v) is 5.04. The van der Waals surface area contributed by atoms with Crippen LogP contribution in [-0.4, -0.2) is 17.8 Å². The SMILES string of the molecule is O=C1CC(CBr)CN1c1cc(C(F)(F)F)ccc1F. The lowest BCUT2D eigenvalue weighted by Crippen LogP contribution is -2.26. The van der Waals surface area contributed by atoms with Crippen molar-refractivity contribution in [2.75, 3.05) is 16.8 Å². The van der Waals surface area contributed by atoms with Gasteiger partial charge in [0, 0.05) is 18.3 Å². The van der Waals surface area contributed by atoms with E-state index in [9.17, 15) is 22.4 Å². The number of nitrogens with zero attached hydrogens (tertiary/aromatic N) is 1. The van der Waals surface area contributed by atoms with Crippen LogP contribution in [0, 0.1) is 11.7 Å². The van der Waals surface area contributed by atoms with Gasteiger partial charge in [0.1, 0.15) is 5.82 Å². The zero-order valence-corrected chi connectivity index (χ0v) is 11.3. The molecule has 0 N–H and O–H groups in total. The van der Waals surface area contributed by atoms with Crippen LogP contribution in [0.25, 0.3) is 0 Å². The average Bonchev–Trinajstić information content (AvgIpc) is 2.69. The van der Waals surface area contributed by atoms with Gasteiger partial charge in [0.05, 0.1) is 11.3 Å². The molecular formula is C12H10BrF4NO. The quantitative estimate of drug-likeness (QED) is 0.595. The number of amides is 1. The third-order valence-electron chi connectivity index (χ3n) is 2.99. The standard InChI is InChI=1S/C12H10BrF4NO/c13-5-7-3-11(19)18(6-7)10-4-8(12(15,16)17)1-2-9(10)14/h1-2,4,7H,3,5-6H2. The molecule has 0 saturated carbocycles. The summed E-state index contributed by atoms with van der Waals surface area (Å²) < 4.78 is 51.4. The number of rotatable bonds is 2. The minimum Gasteiger partial charge on any atom is -0.309 e. The van der Waals surface area contributed by atoms with Crippen molar-refractivity contribution in [3.05, 3.63) is 29.6 Å². The summed E-state index contributed by atoms with van der Waals surface area (Å²) >= 11 is 3.22. The van der Waals surface area contributed by atoms with Crippen molar-refractivity contribution in [1.29, 1.82) is 0 Å². The molecule has 2 nitrogen and oxygen atoms in total. The maximum absolute atomic E-state index is 13.6. The molecule has 1 heterocycles. The Morgan fingerprint density at radius 2 is 2.05 bits per heavy atom. The summed E-state index contributed by atoms with van der Waals surface area (Å²) in [5.74, 6) is -1.19. The first-order chi connectivity index (χ1) is 8.82. The molecule has 7 heteroatoms. The maximum Gasteiger partial charge on any atom is 0.416 e. The van der Waals surface area contributed by atoms with Crippen LogP contribution in [0.1, 0.15) is 12.0 Å². The number of carbonyl (C=O) groups is 1. The van der Waals surface area contributed by atoms with E-state index in [1.165, 1.54) is 0 Å². The van der Waals surface area contributed by atoms with Crippen molar-refractivity contribution in [2.45, 2.75) is 12.6 Å². The minimum atomic E-state index is -4.56. The van der Waals surface area contributed by atoms with Gasteiger partial charge in [-0.3, -0.25) is 4.79 Å². The van der Waals surface area contributed by atoms with E-state index < -0.39 is 17.6 Å². The van der Waals surface area contributed by atoms with E-state index in [0.29, 0.717) is 17.5 Å². The Morgan fingerprint density at radius 3 is 2.58 bits per heavy atom. The normalized spacial score (nSPS) is 20.2. The molecule has 0 spiro atoms. The van der Waals surface area contributed by atoms with E-state index >= 15 is 0 Å². The highest BCUT2D eigenvalue weighted by Crippen LogP contribution is 2.35. The van der Waals surface area contributed by atoms with Crippen LogP contribution in [0.5, 0.6) is 0 Å². The van der Waals surface area contributed by atoms with Crippen LogP contribution in [0.15, 0.2) is 18.2 Å². The summed E-state index contributed by atoms with van der Waals surface area (Å²) in [5.41, 5.74) is -1.26. The summed E-state index contributed by atoms with van der Waals surface area (Å²) in [6, 6.07) is 2.10. The van der Waals surface area contributed by atoms with E-state index in [2.05, 4.69) is 15.9 Å². The molecule has 104 valence electrons. The highest BCUT2D eigenvalue weighted by Gasteiger charge is 2.35. The number of halogens is 5. The van der Waals surface area contributed by atoms with E-state index in [4.69, 9.17) is 0 Å². The lowest BCUT2D eigenvalue weighted by molar-refractivity contribution is -0.137. The molecule has 19 heavy (non-hydrogen) atoms. The second kappa shape index (κ2) is 5.11. The van der Waals surface area contributed by atoms with Gasteiger partial charge in [0.15, 0.2) is 0 Å². The molecule has 0 radical (unpaired) electrons. The third-order valence-corrected chi connectivity index (χ3v) is 3.90. The van der Waals surface area contributed by atoms with Gasteiger partial charge in [-0.15, -0.1) is 0 Å². The van der Waals surface area contributed by atoms with Crippen LogP contribution >= 0.6 is 15.9 Å². The molecule has 1 saturated heterocycles. The van der Waals surface area contributed by atoms with Crippen molar-refractivity contribution < 1.29 is 22.4 Å². The largest absolute Gasteiger partial charge is 0.416 e. The first-order valence-electron chi connectivity index (χ1n) is 5.56. The zero-order valence-electron chi connectivity index (χ0n) is 9.68. The minimum absolute atomic E-state index is 0.0126. The van der Waals surface area contributed by atoms with Gasteiger partial charge >= 0.3 is 6.18 Å². The van der Waals surface area contributed by atoms with Gasteiger partial charge in [0.25, 0.3) is 0 Å². The van der Waals surface area contributed by atoms with Gasteiger partial charge in [-0.05, 0) is 24.1 Å². The molecule has 1 aliphatic rings. The van der Waals surface area contributed by atoms with Crippen molar-refractivity contribution in [1.82, 2.24) is 0 Å². The van der Waals surface area contributed by atoms with E-state index in [1.54, 1.807) is 0 Å². The lowest BCUT2D eigenvalue weighted by Gasteiger charge is -2.19. The summed E-state index contributed by atoms with van der Waals surface area (Å²) in [5, 5.41) is 0.551. The van der Waals surface area contributed by atoms with Crippen LogP contribution < -0.4 is 4.90 Å². The molecule has 1 aromatic rings. The zero-order chi connectivity index (χ0) is 14.2. The topological polar surface area (TPSA) is 20.3 Å². The van der Waals surface area contributed by atoms with Crippen molar-refractivity contribution in [3.8, 4) is 0 Å². The Kier molecular flexibility index (Phi) is 3.85. The fraction of sp³-hybridized carbons (Fsp3) is 0.417. The summed E-state index contributed by atoms with van der Waals surface area (Å²) in [6.45, 7) is 0.225. The van der Waals surface area contributed by atoms with Crippen molar-refractivity contribution in [2.24, 2.45) is 5.92 Å². The molecule has 1 amide bonds. The van der Waals surface area contributed by atoms with Crippen LogP contribution in [0.2, 0.25) is 0 Å². The Morgan fingerprint density at radius 1 is 1.37 bits per heavy atom. The summed E-state index contributed by atoms with van der Waals surface area (Å²) in [7, 11) is 0. The number of hydrogen-bond acceptors (Lipinski definition) is 1. The molecule has 1 fully saturated rings. The van der Waals surface area contributed by atoms with Gasteiger partial charge in [-0.2, -0.15) is 13.2 Å². The Hall–Kier alpha value is -1.11. The maximum atomic E-state index is 13.6. The van der Waals surface area contributed by atoms with E-state index in [1.807, 2.05) is 0 Å². The molecule has 1 aliphatic heterocycles. The highest BCUT2D eigenvalue weighted by molar-refractivity contribution is 9.09. The van der Waals surface area contributed by atoms with Crippen molar-refractivity contribution in [3.63, 3.8) is 0 Å². The molecule has 0 aliphatic carbocycles. The van der Waals surface area contributed by atoms with Crippen LogP contribution in [-0.2, 0) is 11.0 Å². The Labute approximate surface area is 115 Å². The van der Waals surface area contributed by atoms with Gasteiger partial charge in [0.2, 0.25) is 5.91 Å². The van der Waals surface area contributed by atoms with Gasteiger partial charge < -0.3 is 4.90 Å². The molecule has 1 atom stereocenters. The summed E-state index contributed by atoms with van der Waals surface area (Å²) in [4.78, 5) is 12.8. The monoisotopic (exact) mass is 339 g/mol. The Balaban J connectivity index is 2.37. The van der Waals surface area contributed by atoms with Crippen LogP contribution in [0.4, 0.5) is 23.2 Å². The molecular weight excluding hydrogens is 330 g/mol. The van der Waals surface area contributed by atoms with Crippen molar-refractivity contribution >= 4 is 27.5 Å². The average molecular weight is 340 g/mol. The first-order valence-corrected chi connectivity index (χ1v) is 6.68. The molecule has 1 aromatic carbocycles. The van der Waals surface area contributed by atoms with Crippen LogP contribution in [0.3, 0.4) is 0 Å². The Bertz CT molecular complexity index is 503. The fourth-order valence-electron chi connectivity index (χ4n) is 2.01. The number of benzene rings is 1. The number of carbonyl (C=O) groups excluding carboxylic acids is 1. The van der Waals surface area contributed by atoms with Gasteiger partial charge in [-0.25, -0.2) is 4.39 Å². The smallest absolute Gasteiger partial charge is 0.309 e. The fourth-order valence-corrected chi connectivity index (χ4v) is 2.45.